The molecule has 0 radical (unpaired) electrons. The van der Waals surface area contributed by atoms with Crippen LogP contribution in [0.25, 0.3) is 0 Å². The van der Waals surface area contributed by atoms with Crippen molar-refractivity contribution in [3.8, 4) is 0 Å². The van der Waals surface area contributed by atoms with Gasteiger partial charge < -0.3 is 10.1 Å². The van der Waals surface area contributed by atoms with Crippen molar-refractivity contribution in [1.29, 1.82) is 0 Å². The highest BCUT2D eigenvalue weighted by atomic mass is 19.1. The first-order valence-electron chi connectivity index (χ1n) is 7.41. The van der Waals surface area contributed by atoms with Crippen LogP contribution in [0.1, 0.15) is 44.1 Å². The van der Waals surface area contributed by atoms with Crippen LogP contribution < -0.4 is 5.32 Å². The molecule has 1 aliphatic carbocycles. The van der Waals surface area contributed by atoms with Gasteiger partial charge in [-0.3, -0.25) is 0 Å². The molecule has 2 nitrogen and oxygen atoms in total. The first-order valence-corrected chi connectivity index (χ1v) is 7.41. The monoisotopic (exact) mass is 265 g/mol. The van der Waals surface area contributed by atoms with Crippen molar-refractivity contribution in [3.05, 3.63) is 35.6 Å². The van der Waals surface area contributed by atoms with Gasteiger partial charge in [-0.1, -0.05) is 31.0 Å². The first kappa shape index (κ1) is 14.5. The standard InChI is InChI=1S/C16H24FNO/c17-16-8-4-3-7-14(16)13-19-12-6-2-1-5-11-18-15-9-10-15/h3-4,7-8,15,18H,1-2,5-6,9-13H2. The van der Waals surface area contributed by atoms with Gasteiger partial charge in [0.1, 0.15) is 5.82 Å². The maximum absolute atomic E-state index is 13.3. The van der Waals surface area contributed by atoms with Crippen molar-refractivity contribution in [2.45, 2.75) is 51.2 Å². The fraction of sp³-hybridized carbons (Fsp3) is 0.625. The van der Waals surface area contributed by atoms with Crippen molar-refractivity contribution in [3.63, 3.8) is 0 Å². The normalized spacial score (nSPS) is 14.8. The lowest BCUT2D eigenvalue weighted by Gasteiger charge is -2.06. The maximum atomic E-state index is 13.3. The highest BCUT2D eigenvalue weighted by molar-refractivity contribution is 5.16. The van der Waals surface area contributed by atoms with Crippen LogP contribution in [-0.2, 0) is 11.3 Å². The highest BCUT2D eigenvalue weighted by Crippen LogP contribution is 2.18. The summed E-state index contributed by atoms with van der Waals surface area (Å²) in [7, 11) is 0. The SMILES string of the molecule is Fc1ccccc1COCCCCCCNC1CC1. The van der Waals surface area contributed by atoms with E-state index in [1.54, 1.807) is 12.1 Å². The lowest BCUT2D eigenvalue weighted by Crippen LogP contribution is -2.17. The Bertz CT molecular complexity index is 366. The zero-order valence-electron chi connectivity index (χ0n) is 11.5. The van der Waals surface area contributed by atoms with Crippen LogP contribution in [0.15, 0.2) is 24.3 Å². The molecule has 1 aliphatic rings. The molecule has 1 saturated carbocycles. The molecule has 0 bridgehead atoms. The summed E-state index contributed by atoms with van der Waals surface area (Å²) in [6, 6.07) is 7.62. The fourth-order valence-corrected chi connectivity index (χ4v) is 2.07. The molecule has 0 atom stereocenters. The Labute approximate surface area is 115 Å². The Balaban J connectivity index is 1.40. The molecule has 19 heavy (non-hydrogen) atoms. The third-order valence-electron chi connectivity index (χ3n) is 3.44. The second kappa shape index (κ2) is 8.28. The van der Waals surface area contributed by atoms with Crippen LogP contribution in [0.2, 0.25) is 0 Å². The van der Waals surface area contributed by atoms with E-state index in [0.717, 1.165) is 25.6 Å². The van der Waals surface area contributed by atoms with Crippen molar-refractivity contribution < 1.29 is 9.13 Å². The van der Waals surface area contributed by atoms with Gasteiger partial charge >= 0.3 is 0 Å². The highest BCUT2D eigenvalue weighted by Gasteiger charge is 2.19. The molecule has 106 valence electrons. The number of nitrogens with one attached hydrogen (secondary N) is 1. The summed E-state index contributed by atoms with van der Waals surface area (Å²) in [5.41, 5.74) is 0.649. The van der Waals surface area contributed by atoms with Crippen molar-refractivity contribution in [2.75, 3.05) is 13.2 Å². The van der Waals surface area contributed by atoms with E-state index in [-0.39, 0.29) is 5.82 Å². The molecular weight excluding hydrogens is 241 g/mol. The van der Waals surface area contributed by atoms with Crippen molar-refractivity contribution in [2.24, 2.45) is 0 Å². The van der Waals surface area contributed by atoms with E-state index < -0.39 is 0 Å². The molecule has 1 N–H and O–H groups in total. The summed E-state index contributed by atoms with van der Waals surface area (Å²) < 4.78 is 18.8. The number of unbranched alkanes of at least 4 members (excludes halogenated alkanes) is 3. The molecular formula is C16H24FNO. The summed E-state index contributed by atoms with van der Waals surface area (Å²) in [4.78, 5) is 0. The Hall–Kier alpha value is -0.930. The van der Waals surface area contributed by atoms with E-state index in [9.17, 15) is 4.39 Å². The topological polar surface area (TPSA) is 21.3 Å². The lowest BCUT2D eigenvalue weighted by molar-refractivity contribution is 0.114. The van der Waals surface area contributed by atoms with Crippen LogP contribution in [0.3, 0.4) is 0 Å². The van der Waals surface area contributed by atoms with Crippen LogP contribution >= 0.6 is 0 Å². The first-order chi connectivity index (χ1) is 9.36. The fourth-order valence-electron chi connectivity index (χ4n) is 2.07. The maximum Gasteiger partial charge on any atom is 0.128 e. The Kier molecular flexibility index (Phi) is 6.31. The molecule has 0 unspecified atom stereocenters. The van der Waals surface area contributed by atoms with Crippen molar-refractivity contribution >= 4 is 0 Å². The van der Waals surface area contributed by atoms with Gasteiger partial charge in [0.15, 0.2) is 0 Å². The molecule has 0 spiro atoms. The molecule has 2 rings (SSSR count). The molecule has 3 heteroatoms. The van der Waals surface area contributed by atoms with Crippen LogP contribution in [0.4, 0.5) is 4.39 Å². The number of rotatable bonds is 10. The summed E-state index contributed by atoms with van der Waals surface area (Å²) in [6.07, 6.45) is 7.50. The largest absolute Gasteiger partial charge is 0.377 e. The van der Waals surface area contributed by atoms with Gasteiger partial charge in [-0.15, -0.1) is 0 Å². The van der Waals surface area contributed by atoms with Crippen molar-refractivity contribution in [1.82, 2.24) is 5.32 Å². The van der Waals surface area contributed by atoms with Crippen LogP contribution in [-0.4, -0.2) is 19.2 Å². The number of halogens is 1. The summed E-state index contributed by atoms with van der Waals surface area (Å²) in [5.74, 6) is -0.173. The Morgan fingerprint density at radius 2 is 1.89 bits per heavy atom. The molecule has 0 heterocycles. The van der Waals surface area contributed by atoms with E-state index >= 15 is 0 Å². The smallest absolute Gasteiger partial charge is 0.128 e. The third kappa shape index (κ3) is 6.17. The summed E-state index contributed by atoms with van der Waals surface area (Å²) in [6.45, 7) is 2.26. The number of ether oxygens (including phenoxy) is 1. The zero-order chi connectivity index (χ0) is 13.3. The van der Waals surface area contributed by atoms with Gasteiger partial charge in [-0.25, -0.2) is 4.39 Å². The molecule has 0 aromatic heterocycles. The van der Waals surface area contributed by atoms with E-state index in [1.165, 1.54) is 38.2 Å². The minimum Gasteiger partial charge on any atom is -0.377 e. The number of hydrogen-bond donors (Lipinski definition) is 1. The average molecular weight is 265 g/mol. The summed E-state index contributed by atoms with van der Waals surface area (Å²) in [5, 5.41) is 3.51. The second-order valence-electron chi connectivity index (χ2n) is 5.29. The van der Waals surface area contributed by atoms with Crippen LogP contribution in [0, 0.1) is 5.82 Å². The van der Waals surface area contributed by atoms with Gasteiger partial charge in [0, 0.05) is 18.2 Å². The van der Waals surface area contributed by atoms with E-state index in [0.29, 0.717) is 12.2 Å². The van der Waals surface area contributed by atoms with Gasteiger partial charge in [0.2, 0.25) is 0 Å². The van der Waals surface area contributed by atoms with Gasteiger partial charge in [-0.2, -0.15) is 0 Å². The van der Waals surface area contributed by atoms with E-state index in [2.05, 4.69) is 5.32 Å². The predicted molar refractivity (Wildman–Crippen MR) is 75.5 cm³/mol. The Morgan fingerprint density at radius 3 is 2.68 bits per heavy atom. The molecule has 0 aliphatic heterocycles. The van der Waals surface area contributed by atoms with E-state index in [4.69, 9.17) is 4.74 Å². The minimum absolute atomic E-state index is 0.173. The third-order valence-corrected chi connectivity index (χ3v) is 3.44. The molecule has 1 aromatic carbocycles. The van der Waals surface area contributed by atoms with Crippen LogP contribution in [0.5, 0.6) is 0 Å². The van der Waals surface area contributed by atoms with Gasteiger partial charge in [-0.05, 0) is 38.3 Å². The number of hydrogen-bond acceptors (Lipinski definition) is 2. The molecule has 0 saturated heterocycles. The quantitative estimate of drug-likeness (QED) is 0.652. The van der Waals surface area contributed by atoms with Gasteiger partial charge in [0.05, 0.1) is 6.61 Å². The van der Waals surface area contributed by atoms with E-state index in [1.807, 2.05) is 6.07 Å². The molecule has 1 fully saturated rings. The average Bonchev–Trinajstić information content (AvgIpc) is 3.23. The predicted octanol–water partition coefficient (Wildman–Crippen LogP) is 3.65. The summed E-state index contributed by atoms with van der Waals surface area (Å²) >= 11 is 0. The molecule has 0 amide bonds. The minimum atomic E-state index is -0.173. The Morgan fingerprint density at radius 1 is 1.11 bits per heavy atom. The number of benzene rings is 1. The lowest BCUT2D eigenvalue weighted by atomic mass is 10.2. The zero-order valence-corrected chi connectivity index (χ0v) is 11.5. The molecule has 1 aromatic rings. The second-order valence-corrected chi connectivity index (χ2v) is 5.29. The van der Waals surface area contributed by atoms with Gasteiger partial charge in [0.25, 0.3) is 0 Å².